The summed E-state index contributed by atoms with van der Waals surface area (Å²) in [6.07, 6.45) is 2.76. The molecule has 12 heteroatoms. The fourth-order valence-electron chi connectivity index (χ4n) is 4.61. The number of fused-ring (bicyclic) bond motifs is 1. The van der Waals surface area contributed by atoms with Gasteiger partial charge in [0.15, 0.2) is 0 Å². The van der Waals surface area contributed by atoms with Crippen molar-refractivity contribution in [3.63, 3.8) is 0 Å². The predicted octanol–water partition coefficient (Wildman–Crippen LogP) is 2.95. The number of aliphatic hydroxyl groups is 1. The molecule has 0 spiro atoms. The molecule has 186 valence electrons. The Hall–Kier alpha value is -3.93. The largest absolute Gasteiger partial charge is 0.396 e. The molecular weight excluding hydrogens is 470 g/mol. The van der Waals surface area contributed by atoms with Gasteiger partial charge >= 0.3 is 0 Å². The maximum atomic E-state index is 13.2. The van der Waals surface area contributed by atoms with Crippen molar-refractivity contribution in [3.05, 3.63) is 53.9 Å². The Morgan fingerprint density at radius 1 is 1.22 bits per heavy atom. The number of amides is 1. The van der Waals surface area contributed by atoms with E-state index in [1.165, 1.54) is 11.0 Å². The summed E-state index contributed by atoms with van der Waals surface area (Å²) in [4.78, 5) is 16.6. The first-order valence-electron chi connectivity index (χ1n) is 11.7. The van der Waals surface area contributed by atoms with Crippen LogP contribution in [0, 0.1) is 12.8 Å². The van der Waals surface area contributed by atoms with Crippen molar-refractivity contribution >= 4 is 22.8 Å². The number of benzene rings is 1. The number of aryl methyl sites for hydroxylation is 1. The van der Waals surface area contributed by atoms with Crippen molar-refractivity contribution in [2.24, 2.45) is 5.92 Å². The molecule has 4 aromatic rings. The molecule has 2 N–H and O–H groups in total. The molecule has 0 radical (unpaired) electrons. The first kappa shape index (κ1) is 22.5. The lowest BCUT2D eigenvalue weighted by molar-refractivity contribution is -0.110. The Labute approximate surface area is 204 Å². The molecule has 0 bridgehead atoms. The Bertz CT molecular complexity index is 1450. The summed E-state index contributed by atoms with van der Waals surface area (Å²) in [5.41, 5.74) is 4.10. The van der Waals surface area contributed by atoms with Crippen molar-refractivity contribution in [2.45, 2.75) is 31.7 Å². The van der Waals surface area contributed by atoms with E-state index in [1.807, 2.05) is 31.3 Å². The van der Waals surface area contributed by atoms with Crippen LogP contribution in [0.3, 0.4) is 0 Å². The van der Waals surface area contributed by atoms with Crippen molar-refractivity contribution in [1.82, 2.24) is 29.8 Å². The zero-order valence-corrected chi connectivity index (χ0v) is 19.5. The van der Waals surface area contributed by atoms with Crippen molar-refractivity contribution in [3.8, 4) is 11.4 Å². The number of carbonyl (C=O) groups is 1. The van der Waals surface area contributed by atoms with Crippen LogP contribution >= 0.6 is 0 Å². The highest BCUT2D eigenvalue weighted by Crippen LogP contribution is 2.44. The Morgan fingerprint density at radius 2 is 2.03 bits per heavy atom. The van der Waals surface area contributed by atoms with Crippen LogP contribution in [0.1, 0.15) is 34.8 Å². The van der Waals surface area contributed by atoms with Crippen LogP contribution in [0.15, 0.2) is 42.7 Å². The lowest BCUT2D eigenvalue weighted by atomic mass is 9.89. The average Bonchev–Trinajstić information content (AvgIpc) is 3.45. The van der Waals surface area contributed by atoms with Crippen LogP contribution in [0.2, 0.25) is 0 Å². The third kappa shape index (κ3) is 3.96. The van der Waals surface area contributed by atoms with E-state index in [4.69, 9.17) is 0 Å². The molecular formula is C24H24F2N8O2. The lowest BCUT2D eigenvalue weighted by Crippen LogP contribution is -2.48. The smallest absolute Gasteiger partial charge is 0.259 e. The summed E-state index contributed by atoms with van der Waals surface area (Å²) in [6.45, 7) is 3.59. The molecule has 3 aromatic heterocycles. The lowest BCUT2D eigenvalue weighted by Gasteiger charge is -2.40. The van der Waals surface area contributed by atoms with Crippen LogP contribution in [0.5, 0.6) is 0 Å². The van der Waals surface area contributed by atoms with Gasteiger partial charge in [0.05, 0.1) is 23.3 Å². The van der Waals surface area contributed by atoms with E-state index in [-0.39, 0.29) is 31.3 Å². The topological polar surface area (TPSA) is 113 Å². The SMILES string of the molecule is Cc1ccc(-c2nnn(C3CC(F)(F)C3)n2)cc1NC(=O)c1cnn2ccc(N3CC(CO)C3)cc12. The molecule has 0 atom stereocenters. The Balaban J connectivity index is 1.22. The first-order valence-corrected chi connectivity index (χ1v) is 11.7. The fraction of sp³-hybridized carbons (Fsp3) is 0.375. The van der Waals surface area contributed by atoms with E-state index in [2.05, 4.69) is 30.7 Å². The number of nitrogens with zero attached hydrogens (tertiary/aromatic N) is 7. The first-order chi connectivity index (χ1) is 17.3. The van der Waals surface area contributed by atoms with Gasteiger partial charge in [0, 0.05) is 61.6 Å². The van der Waals surface area contributed by atoms with Gasteiger partial charge in [-0.1, -0.05) is 12.1 Å². The second kappa shape index (κ2) is 8.33. The summed E-state index contributed by atoms with van der Waals surface area (Å²) in [5.74, 6) is -2.41. The molecule has 1 aliphatic heterocycles. The number of nitrogens with one attached hydrogen (secondary N) is 1. The number of aliphatic hydroxyl groups excluding tert-OH is 1. The fourth-order valence-corrected chi connectivity index (χ4v) is 4.61. The molecule has 10 nitrogen and oxygen atoms in total. The molecule has 1 aliphatic carbocycles. The number of alkyl halides is 2. The van der Waals surface area contributed by atoms with Gasteiger partial charge < -0.3 is 15.3 Å². The highest BCUT2D eigenvalue weighted by atomic mass is 19.3. The molecule has 6 rings (SSSR count). The number of hydrogen-bond acceptors (Lipinski definition) is 7. The van der Waals surface area contributed by atoms with Crippen LogP contribution in [0.25, 0.3) is 16.9 Å². The average molecular weight is 495 g/mol. The number of pyridine rings is 1. The van der Waals surface area contributed by atoms with E-state index in [1.54, 1.807) is 16.6 Å². The summed E-state index contributed by atoms with van der Waals surface area (Å²) in [5, 5.41) is 28.8. The summed E-state index contributed by atoms with van der Waals surface area (Å²) in [6, 6.07) is 8.78. The number of tetrazole rings is 1. The molecule has 1 amide bonds. The second-order valence-corrected chi connectivity index (χ2v) is 9.56. The molecule has 2 aliphatic rings. The zero-order chi connectivity index (χ0) is 25.0. The van der Waals surface area contributed by atoms with Gasteiger partial charge in [0.25, 0.3) is 11.8 Å². The number of carbonyl (C=O) groups excluding carboxylic acids is 1. The molecule has 0 unspecified atom stereocenters. The Kier molecular flexibility index (Phi) is 5.21. The summed E-state index contributed by atoms with van der Waals surface area (Å²) in [7, 11) is 0. The van der Waals surface area contributed by atoms with E-state index < -0.39 is 12.0 Å². The maximum absolute atomic E-state index is 13.2. The second-order valence-electron chi connectivity index (χ2n) is 9.56. The van der Waals surface area contributed by atoms with E-state index >= 15 is 0 Å². The van der Waals surface area contributed by atoms with Gasteiger partial charge in [-0.25, -0.2) is 13.3 Å². The molecule has 36 heavy (non-hydrogen) atoms. The standard InChI is InChI=1S/C24H24F2N8O2/c1-14-2-3-16(22-29-31-34(30-22)18-8-24(25,26)9-18)6-20(14)28-23(36)19-10-27-33-5-4-17(7-21(19)33)32-11-15(12-32)13-35/h2-7,10,15,18,35H,8-9,11-13H2,1H3,(H,28,36). The van der Waals surface area contributed by atoms with Crippen LogP contribution in [0.4, 0.5) is 20.2 Å². The maximum Gasteiger partial charge on any atom is 0.259 e. The molecule has 1 saturated heterocycles. The van der Waals surface area contributed by atoms with Gasteiger partial charge in [-0.3, -0.25) is 4.79 Å². The van der Waals surface area contributed by atoms with Gasteiger partial charge in [-0.15, -0.1) is 10.2 Å². The highest BCUT2D eigenvalue weighted by molar-refractivity contribution is 6.09. The third-order valence-corrected chi connectivity index (χ3v) is 6.90. The number of hydrogen-bond donors (Lipinski definition) is 2. The highest BCUT2D eigenvalue weighted by Gasteiger charge is 2.47. The number of halogens is 2. The summed E-state index contributed by atoms with van der Waals surface area (Å²) >= 11 is 0. The minimum Gasteiger partial charge on any atom is -0.396 e. The minimum absolute atomic E-state index is 0.167. The van der Waals surface area contributed by atoms with Crippen LogP contribution in [-0.4, -0.2) is 66.5 Å². The number of aromatic nitrogens is 6. The molecule has 1 saturated carbocycles. The van der Waals surface area contributed by atoms with Gasteiger partial charge in [0.2, 0.25) is 5.82 Å². The van der Waals surface area contributed by atoms with Crippen LogP contribution < -0.4 is 10.2 Å². The molecule has 2 fully saturated rings. The minimum atomic E-state index is -2.67. The van der Waals surface area contributed by atoms with Crippen LogP contribution in [-0.2, 0) is 0 Å². The van der Waals surface area contributed by atoms with E-state index in [9.17, 15) is 18.7 Å². The molecule has 4 heterocycles. The Morgan fingerprint density at radius 3 is 2.78 bits per heavy atom. The zero-order valence-electron chi connectivity index (χ0n) is 19.5. The van der Waals surface area contributed by atoms with Gasteiger partial charge in [-0.05, 0) is 35.9 Å². The van der Waals surface area contributed by atoms with E-state index in [0.29, 0.717) is 28.2 Å². The normalized spacial score (nSPS) is 17.7. The van der Waals surface area contributed by atoms with Crippen molar-refractivity contribution in [1.29, 1.82) is 0 Å². The molecule has 1 aromatic carbocycles. The number of rotatable bonds is 6. The summed E-state index contributed by atoms with van der Waals surface area (Å²) < 4.78 is 28.1. The van der Waals surface area contributed by atoms with Gasteiger partial charge in [-0.2, -0.15) is 9.90 Å². The van der Waals surface area contributed by atoms with Crippen molar-refractivity contribution < 1.29 is 18.7 Å². The quantitative estimate of drug-likeness (QED) is 0.424. The third-order valence-electron chi connectivity index (χ3n) is 6.90. The van der Waals surface area contributed by atoms with Gasteiger partial charge in [0.1, 0.15) is 0 Å². The number of anilines is 2. The monoisotopic (exact) mass is 494 g/mol. The van der Waals surface area contributed by atoms with E-state index in [0.717, 1.165) is 24.3 Å². The van der Waals surface area contributed by atoms with Crippen molar-refractivity contribution in [2.75, 3.05) is 29.9 Å². The predicted molar refractivity (Wildman–Crippen MR) is 127 cm³/mol.